The van der Waals surface area contributed by atoms with Crippen LogP contribution < -0.4 is 16.0 Å². The zero-order chi connectivity index (χ0) is 21.6. The number of carbonyl (C=O) groups is 3. The quantitative estimate of drug-likeness (QED) is 0.412. The van der Waals surface area contributed by atoms with Crippen LogP contribution in [0.1, 0.15) is 58.9 Å². The normalized spacial score (nSPS) is 12.1. The van der Waals surface area contributed by atoms with Gasteiger partial charge in [-0.25, -0.2) is 0 Å². The lowest BCUT2D eigenvalue weighted by molar-refractivity contribution is -0.128. The van der Waals surface area contributed by atoms with Crippen LogP contribution in [-0.4, -0.2) is 47.8 Å². The second kappa shape index (κ2) is 13.8. The summed E-state index contributed by atoms with van der Waals surface area (Å²) in [6.45, 7) is 8.45. The van der Waals surface area contributed by atoms with Gasteiger partial charge in [-0.05, 0) is 30.5 Å². The summed E-state index contributed by atoms with van der Waals surface area (Å²) in [4.78, 5) is 40.4. The van der Waals surface area contributed by atoms with Gasteiger partial charge in [-0.1, -0.05) is 34.1 Å². The number of hydrogen-bond acceptors (Lipinski definition) is 5. The highest BCUT2D eigenvalue weighted by Crippen LogP contribution is 2.06. The fourth-order valence-corrected chi connectivity index (χ4v) is 2.73. The maximum Gasteiger partial charge on any atom is 0.242 e. The number of hydrogen-bond donors (Lipinski definition) is 3. The Bertz CT molecular complexity index is 632. The Morgan fingerprint density at radius 1 is 1.00 bits per heavy atom. The molecule has 0 radical (unpaired) electrons. The number of aromatic nitrogens is 1. The number of nitrogens with zero attached hydrogens (tertiary/aromatic N) is 1. The van der Waals surface area contributed by atoms with Gasteiger partial charge >= 0.3 is 0 Å². The molecule has 162 valence electrons. The SMILES string of the molecule is CC(C)NCC(=O)NC(Cc1ccncc1)C(=O)NCCCCCC(=O)C(C)C. The molecular weight excluding hydrogens is 368 g/mol. The molecule has 0 saturated carbocycles. The van der Waals surface area contributed by atoms with Gasteiger partial charge in [-0.3, -0.25) is 19.4 Å². The lowest BCUT2D eigenvalue weighted by Crippen LogP contribution is -2.50. The number of Topliss-reactive ketones (excluding diaryl/α,β-unsaturated/α-hetero) is 1. The molecule has 1 aromatic rings. The van der Waals surface area contributed by atoms with Crippen molar-refractivity contribution in [2.45, 2.75) is 71.9 Å². The first-order valence-corrected chi connectivity index (χ1v) is 10.5. The van der Waals surface area contributed by atoms with E-state index < -0.39 is 6.04 Å². The fourth-order valence-electron chi connectivity index (χ4n) is 2.73. The Labute approximate surface area is 174 Å². The Balaban J connectivity index is 2.48. The molecule has 0 saturated heterocycles. The van der Waals surface area contributed by atoms with E-state index in [1.165, 1.54) is 0 Å². The largest absolute Gasteiger partial charge is 0.354 e. The summed E-state index contributed by atoms with van der Waals surface area (Å²) in [7, 11) is 0. The number of nitrogens with one attached hydrogen (secondary N) is 3. The van der Waals surface area contributed by atoms with Gasteiger partial charge in [0.1, 0.15) is 11.8 Å². The maximum absolute atomic E-state index is 12.6. The number of unbranched alkanes of at least 4 members (excludes halogenated alkanes) is 2. The highest BCUT2D eigenvalue weighted by molar-refractivity contribution is 5.88. The predicted molar refractivity (Wildman–Crippen MR) is 114 cm³/mol. The first kappa shape index (κ1) is 24.8. The number of ketones is 1. The van der Waals surface area contributed by atoms with Gasteiger partial charge in [0, 0.05) is 43.7 Å². The molecule has 0 aliphatic carbocycles. The van der Waals surface area contributed by atoms with E-state index in [0.717, 1.165) is 24.8 Å². The average molecular weight is 405 g/mol. The van der Waals surface area contributed by atoms with E-state index in [2.05, 4.69) is 20.9 Å². The summed E-state index contributed by atoms with van der Waals surface area (Å²) in [5.41, 5.74) is 0.935. The van der Waals surface area contributed by atoms with E-state index in [1.807, 2.05) is 39.8 Å². The molecule has 1 atom stereocenters. The smallest absolute Gasteiger partial charge is 0.242 e. The van der Waals surface area contributed by atoms with Gasteiger partial charge in [0.25, 0.3) is 0 Å². The molecule has 2 amide bonds. The lowest BCUT2D eigenvalue weighted by atomic mass is 10.0. The number of rotatable bonds is 14. The van der Waals surface area contributed by atoms with Crippen molar-refractivity contribution in [2.75, 3.05) is 13.1 Å². The molecule has 3 N–H and O–H groups in total. The third-order valence-corrected chi connectivity index (χ3v) is 4.55. The summed E-state index contributed by atoms with van der Waals surface area (Å²) >= 11 is 0. The molecule has 0 aliphatic rings. The number of amides is 2. The van der Waals surface area contributed by atoms with E-state index in [1.54, 1.807) is 12.4 Å². The number of carbonyl (C=O) groups excluding carboxylic acids is 3. The maximum atomic E-state index is 12.6. The molecule has 0 spiro atoms. The average Bonchev–Trinajstić information content (AvgIpc) is 2.68. The van der Waals surface area contributed by atoms with Crippen LogP contribution in [-0.2, 0) is 20.8 Å². The third kappa shape index (κ3) is 11.3. The molecule has 7 heteroatoms. The molecule has 0 aliphatic heterocycles. The molecule has 0 aromatic carbocycles. The molecule has 1 heterocycles. The highest BCUT2D eigenvalue weighted by Gasteiger charge is 2.21. The van der Waals surface area contributed by atoms with Crippen molar-refractivity contribution < 1.29 is 14.4 Å². The Hall–Kier alpha value is -2.28. The summed E-state index contributed by atoms with van der Waals surface area (Å²) in [5.74, 6) is -0.0420. The molecular formula is C22H36N4O3. The van der Waals surface area contributed by atoms with E-state index in [9.17, 15) is 14.4 Å². The van der Waals surface area contributed by atoms with Crippen LogP contribution >= 0.6 is 0 Å². The van der Waals surface area contributed by atoms with Gasteiger partial charge in [0.05, 0.1) is 6.54 Å². The van der Waals surface area contributed by atoms with E-state index in [-0.39, 0.29) is 36.1 Å². The van der Waals surface area contributed by atoms with Gasteiger partial charge in [-0.2, -0.15) is 0 Å². The summed E-state index contributed by atoms with van der Waals surface area (Å²) in [6, 6.07) is 3.23. The fraction of sp³-hybridized carbons (Fsp3) is 0.636. The van der Waals surface area contributed by atoms with E-state index >= 15 is 0 Å². The van der Waals surface area contributed by atoms with Crippen molar-refractivity contribution >= 4 is 17.6 Å². The summed E-state index contributed by atoms with van der Waals surface area (Å²) in [5, 5.41) is 8.79. The molecule has 7 nitrogen and oxygen atoms in total. The van der Waals surface area contributed by atoms with Crippen molar-refractivity contribution in [1.82, 2.24) is 20.9 Å². The van der Waals surface area contributed by atoms with Gasteiger partial charge in [0.2, 0.25) is 11.8 Å². The zero-order valence-electron chi connectivity index (χ0n) is 18.2. The Kier molecular flexibility index (Phi) is 11.8. The van der Waals surface area contributed by atoms with Crippen LogP contribution in [0.15, 0.2) is 24.5 Å². The Morgan fingerprint density at radius 2 is 1.69 bits per heavy atom. The lowest BCUT2D eigenvalue weighted by Gasteiger charge is -2.19. The second-order valence-electron chi connectivity index (χ2n) is 7.94. The second-order valence-corrected chi connectivity index (χ2v) is 7.94. The number of pyridine rings is 1. The summed E-state index contributed by atoms with van der Waals surface area (Å²) < 4.78 is 0. The van der Waals surface area contributed by atoms with Crippen LogP contribution in [0.4, 0.5) is 0 Å². The standard InChI is InChI=1S/C22H36N4O3/c1-16(2)20(27)8-6-5-7-11-24-22(29)19(14-18-9-12-23-13-10-18)26-21(28)15-25-17(3)4/h9-10,12-13,16-17,19,25H,5-8,11,14-15H2,1-4H3,(H,24,29)(H,26,28). The third-order valence-electron chi connectivity index (χ3n) is 4.55. The van der Waals surface area contributed by atoms with Crippen molar-refractivity contribution in [1.29, 1.82) is 0 Å². The van der Waals surface area contributed by atoms with Gasteiger partial charge in [-0.15, -0.1) is 0 Å². The molecule has 1 rings (SSSR count). The molecule has 1 aromatic heterocycles. The molecule has 0 bridgehead atoms. The summed E-state index contributed by atoms with van der Waals surface area (Å²) in [6.07, 6.45) is 6.88. The van der Waals surface area contributed by atoms with Crippen molar-refractivity contribution in [3.05, 3.63) is 30.1 Å². The van der Waals surface area contributed by atoms with Crippen LogP contribution in [0.5, 0.6) is 0 Å². The van der Waals surface area contributed by atoms with Crippen LogP contribution in [0.3, 0.4) is 0 Å². The van der Waals surface area contributed by atoms with Crippen LogP contribution in [0, 0.1) is 5.92 Å². The minimum atomic E-state index is -0.638. The van der Waals surface area contributed by atoms with Crippen LogP contribution in [0.25, 0.3) is 0 Å². The van der Waals surface area contributed by atoms with Gasteiger partial charge in [0.15, 0.2) is 0 Å². The topological polar surface area (TPSA) is 100 Å². The molecule has 0 fully saturated rings. The highest BCUT2D eigenvalue weighted by atomic mass is 16.2. The van der Waals surface area contributed by atoms with Gasteiger partial charge < -0.3 is 16.0 Å². The first-order chi connectivity index (χ1) is 13.8. The van der Waals surface area contributed by atoms with Crippen molar-refractivity contribution in [3.8, 4) is 0 Å². The minimum absolute atomic E-state index is 0.0810. The van der Waals surface area contributed by atoms with E-state index in [0.29, 0.717) is 19.4 Å². The predicted octanol–water partition coefficient (Wildman–Crippen LogP) is 2.01. The zero-order valence-corrected chi connectivity index (χ0v) is 18.2. The Morgan fingerprint density at radius 3 is 2.31 bits per heavy atom. The monoisotopic (exact) mass is 404 g/mol. The van der Waals surface area contributed by atoms with Crippen molar-refractivity contribution in [3.63, 3.8) is 0 Å². The molecule has 29 heavy (non-hydrogen) atoms. The van der Waals surface area contributed by atoms with Crippen LogP contribution in [0.2, 0.25) is 0 Å². The van der Waals surface area contributed by atoms with E-state index in [4.69, 9.17) is 0 Å². The minimum Gasteiger partial charge on any atom is -0.354 e. The first-order valence-electron chi connectivity index (χ1n) is 10.5. The molecule has 1 unspecified atom stereocenters. The van der Waals surface area contributed by atoms with Crippen molar-refractivity contribution in [2.24, 2.45) is 5.92 Å².